The van der Waals surface area contributed by atoms with Crippen LogP contribution in [0, 0.1) is 0 Å². The topological polar surface area (TPSA) is 68.2 Å². The van der Waals surface area contributed by atoms with Gasteiger partial charge in [0.05, 0.1) is 6.54 Å². The summed E-state index contributed by atoms with van der Waals surface area (Å²) in [5.74, 6) is 0.0619. The first-order valence-corrected chi connectivity index (χ1v) is 5.09. The van der Waals surface area contributed by atoms with Crippen LogP contribution in [-0.2, 0) is 19.8 Å². The second-order valence-corrected chi connectivity index (χ2v) is 3.55. The summed E-state index contributed by atoms with van der Waals surface area (Å²) in [6.07, 6.45) is -1.66. The van der Waals surface area contributed by atoms with Gasteiger partial charge in [0.2, 0.25) is 0 Å². The molecule has 0 atom stereocenters. The van der Waals surface area contributed by atoms with Gasteiger partial charge in [0, 0.05) is 25.4 Å². The number of alkyl halides is 3. The molecule has 1 aromatic rings. The number of nitrogens with zero attached hydrogens (tertiary/aromatic N) is 3. The van der Waals surface area contributed by atoms with Crippen LogP contribution in [0.5, 0.6) is 0 Å². The highest BCUT2D eigenvalue weighted by Gasteiger charge is 2.36. The molecule has 1 heterocycles. The van der Waals surface area contributed by atoms with Crippen LogP contribution in [-0.4, -0.2) is 22.3 Å². The number of aliphatic imine (C=N–C) groups is 1. The summed E-state index contributed by atoms with van der Waals surface area (Å²) in [6, 6.07) is 0. The summed E-state index contributed by atoms with van der Waals surface area (Å²) < 4.78 is 38.9. The minimum Gasteiger partial charge on any atom is -0.370 e. The Morgan fingerprint density at radius 3 is 2.89 bits per heavy atom. The molecule has 1 aromatic heterocycles. The van der Waals surface area contributed by atoms with E-state index < -0.39 is 11.9 Å². The molecule has 0 bridgehead atoms. The smallest absolute Gasteiger partial charge is 0.370 e. The highest BCUT2D eigenvalue weighted by molar-refractivity contribution is 5.77. The number of hydrogen-bond donors (Lipinski definition) is 2. The van der Waals surface area contributed by atoms with Gasteiger partial charge >= 0.3 is 6.18 Å². The molecule has 0 radical (unpaired) electrons. The number of halogens is 3. The Balaban J connectivity index is 2.82. The van der Waals surface area contributed by atoms with Gasteiger partial charge in [0.15, 0.2) is 11.7 Å². The molecule has 100 valence electrons. The summed E-state index contributed by atoms with van der Waals surface area (Å²) in [4.78, 5) is 3.80. The quantitative estimate of drug-likeness (QED) is 0.483. The van der Waals surface area contributed by atoms with Crippen molar-refractivity contribution in [2.24, 2.45) is 17.8 Å². The van der Waals surface area contributed by atoms with Crippen LogP contribution in [0.15, 0.2) is 23.8 Å². The molecular formula is C10H14F3N5. The summed E-state index contributed by atoms with van der Waals surface area (Å²) in [7, 11) is 1.42. The average Bonchev–Trinajstić information content (AvgIpc) is 2.65. The third-order valence-electron chi connectivity index (χ3n) is 2.02. The van der Waals surface area contributed by atoms with Gasteiger partial charge < -0.3 is 11.1 Å². The first-order chi connectivity index (χ1) is 8.34. The lowest BCUT2D eigenvalue weighted by molar-refractivity contribution is -0.142. The fraction of sp³-hybridized carbons (Fsp3) is 0.400. The predicted octanol–water partition coefficient (Wildman–Crippen LogP) is 1.03. The Bertz CT molecular complexity index is 447. The lowest BCUT2D eigenvalue weighted by Crippen LogP contribution is -2.31. The molecule has 3 N–H and O–H groups in total. The van der Waals surface area contributed by atoms with Crippen LogP contribution in [0.3, 0.4) is 0 Å². The van der Waals surface area contributed by atoms with Gasteiger partial charge in [-0.05, 0) is 0 Å². The van der Waals surface area contributed by atoms with E-state index in [-0.39, 0.29) is 18.1 Å². The maximum Gasteiger partial charge on any atom is 0.435 e. The minimum atomic E-state index is -4.49. The molecule has 0 saturated heterocycles. The average molecular weight is 261 g/mol. The third kappa shape index (κ3) is 3.79. The fourth-order valence-electron chi connectivity index (χ4n) is 1.29. The molecule has 0 fully saturated rings. The molecule has 0 aliphatic carbocycles. The van der Waals surface area contributed by atoms with Crippen molar-refractivity contribution in [3.05, 3.63) is 30.1 Å². The molecule has 8 heteroatoms. The van der Waals surface area contributed by atoms with E-state index in [1.807, 2.05) is 0 Å². The second kappa shape index (κ2) is 5.56. The zero-order chi connectivity index (χ0) is 13.8. The number of nitrogens with one attached hydrogen (secondary N) is 1. The van der Waals surface area contributed by atoms with E-state index in [0.29, 0.717) is 6.54 Å². The van der Waals surface area contributed by atoms with Gasteiger partial charge in [0.25, 0.3) is 0 Å². The van der Waals surface area contributed by atoms with Crippen molar-refractivity contribution >= 4 is 5.96 Å². The molecule has 1 rings (SSSR count). The van der Waals surface area contributed by atoms with E-state index in [9.17, 15) is 13.2 Å². The number of nitrogens with two attached hydrogens (primary N) is 1. The molecule has 0 saturated carbocycles. The van der Waals surface area contributed by atoms with Gasteiger partial charge in [-0.2, -0.15) is 18.3 Å². The molecule has 0 spiro atoms. The Morgan fingerprint density at radius 2 is 2.33 bits per heavy atom. The maximum atomic E-state index is 12.6. The first-order valence-electron chi connectivity index (χ1n) is 5.09. The standard InChI is InChI=1S/C10H14F3N5/c1-3-4-15-9(14)16-5-7-6-18(2)17-8(7)10(11,12)13/h3,6H,1,4-5H2,2H3,(H3,14,15,16). The van der Waals surface area contributed by atoms with Crippen LogP contribution in [0.2, 0.25) is 0 Å². The number of rotatable bonds is 4. The lowest BCUT2D eigenvalue weighted by Gasteiger charge is -2.05. The molecular weight excluding hydrogens is 247 g/mol. The fourth-order valence-corrected chi connectivity index (χ4v) is 1.29. The van der Waals surface area contributed by atoms with Crippen LogP contribution in [0.25, 0.3) is 0 Å². The molecule has 0 aliphatic rings. The molecule has 0 aliphatic heterocycles. The van der Waals surface area contributed by atoms with Crippen LogP contribution >= 0.6 is 0 Å². The van der Waals surface area contributed by atoms with Gasteiger partial charge in [0.1, 0.15) is 0 Å². The summed E-state index contributed by atoms with van der Waals surface area (Å²) >= 11 is 0. The minimum absolute atomic E-state index is 0.0200. The van der Waals surface area contributed by atoms with E-state index in [4.69, 9.17) is 5.73 Å². The van der Waals surface area contributed by atoms with Crippen molar-refractivity contribution in [3.63, 3.8) is 0 Å². The highest BCUT2D eigenvalue weighted by Crippen LogP contribution is 2.30. The van der Waals surface area contributed by atoms with E-state index in [2.05, 4.69) is 22.0 Å². The SMILES string of the molecule is C=CCNC(N)=NCc1cn(C)nc1C(F)(F)F. The Hall–Kier alpha value is -1.99. The van der Waals surface area contributed by atoms with Crippen LogP contribution in [0.4, 0.5) is 13.2 Å². The molecule has 0 amide bonds. The number of hydrogen-bond acceptors (Lipinski definition) is 2. The number of guanidine groups is 1. The van der Waals surface area contributed by atoms with E-state index in [1.54, 1.807) is 6.08 Å². The van der Waals surface area contributed by atoms with E-state index >= 15 is 0 Å². The van der Waals surface area contributed by atoms with Crippen molar-refractivity contribution < 1.29 is 13.2 Å². The zero-order valence-electron chi connectivity index (χ0n) is 9.83. The first kappa shape index (κ1) is 14.1. The van der Waals surface area contributed by atoms with Crippen LogP contribution < -0.4 is 11.1 Å². The highest BCUT2D eigenvalue weighted by atomic mass is 19.4. The zero-order valence-corrected chi connectivity index (χ0v) is 9.83. The van der Waals surface area contributed by atoms with Gasteiger partial charge in [-0.1, -0.05) is 6.08 Å². The van der Waals surface area contributed by atoms with Crippen molar-refractivity contribution in [1.82, 2.24) is 15.1 Å². The molecule has 0 unspecified atom stereocenters. The largest absolute Gasteiger partial charge is 0.435 e. The van der Waals surface area contributed by atoms with Gasteiger partial charge in [-0.25, -0.2) is 4.99 Å². The Labute approximate surface area is 102 Å². The molecule has 18 heavy (non-hydrogen) atoms. The Morgan fingerprint density at radius 1 is 1.67 bits per heavy atom. The summed E-state index contributed by atoms with van der Waals surface area (Å²) in [5, 5.41) is 6.04. The maximum absolute atomic E-state index is 12.6. The second-order valence-electron chi connectivity index (χ2n) is 3.55. The van der Waals surface area contributed by atoms with Crippen molar-refractivity contribution in [2.75, 3.05) is 6.54 Å². The van der Waals surface area contributed by atoms with E-state index in [0.717, 1.165) is 4.68 Å². The predicted molar refractivity (Wildman–Crippen MR) is 61.7 cm³/mol. The normalized spacial score (nSPS) is 12.6. The number of aromatic nitrogens is 2. The van der Waals surface area contributed by atoms with Crippen molar-refractivity contribution in [1.29, 1.82) is 0 Å². The third-order valence-corrected chi connectivity index (χ3v) is 2.02. The Kier molecular flexibility index (Phi) is 4.35. The summed E-state index contributed by atoms with van der Waals surface area (Å²) in [5.41, 5.74) is 4.50. The van der Waals surface area contributed by atoms with Gasteiger partial charge in [-0.3, -0.25) is 4.68 Å². The van der Waals surface area contributed by atoms with Crippen molar-refractivity contribution in [2.45, 2.75) is 12.7 Å². The lowest BCUT2D eigenvalue weighted by atomic mass is 10.2. The van der Waals surface area contributed by atoms with Gasteiger partial charge in [-0.15, -0.1) is 6.58 Å². The summed E-state index contributed by atoms with van der Waals surface area (Å²) in [6.45, 7) is 3.68. The molecule has 5 nitrogen and oxygen atoms in total. The van der Waals surface area contributed by atoms with Crippen molar-refractivity contribution in [3.8, 4) is 0 Å². The number of aryl methyl sites for hydroxylation is 1. The van der Waals surface area contributed by atoms with Crippen LogP contribution in [0.1, 0.15) is 11.3 Å². The van der Waals surface area contributed by atoms with E-state index in [1.165, 1.54) is 13.2 Å². The monoisotopic (exact) mass is 261 g/mol. The molecule has 0 aromatic carbocycles.